The third-order valence-electron chi connectivity index (χ3n) is 12.0. The summed E-state index contributed by atoms with van der Waals surface area (Å²) >= 11 is 0. The normalized spacial score (nSPS) is 12.0. The fraction of sp³-hybridized carbons (Fsp3) is 0.907. The second-order valence-electron chi connectivity index (χ2n) is 18.2. The average Bonchev–Trinajstić information content (AvgIpc) is 3.24. The predicted octanol–water partition coefficient (Wildman–Crippen LogP) is 17.4. The fourth-order valence-corrected chi connectivity index (χ4v) is 7.97. The number of esters is 3. The van der Waals surface area contributed by atoms with Crippen LogP contribution in [0.2, 0.25) is 0 Å². The lowest BCUT2D eigenvalue weighted by Crippen LogP contribution is -2.30. The molecule has 0 saturated heterocycles. The van der Waals surface area contributed by atoms with Gasteiger partial charge in [-0.3, -0.25) is 14.4 Å². The molecule has 0 radical (unpaired) electrons. The highest BCUT2D eigenvalue weighted by molar-refractivity contribution is 5.71. The molecule has 354 valence electrons. The predicted molar refractivity (Wildman–Crippen MR) is 256 cm³/mol. The molecule has 0 aromatic heterocycles. The van der Waals surface area contributed by atoms with Crippen molar-refractivity contribution in [2.24, 2.45) is 0 Å². The number of ether oxygens (including phenoxy) is 3. The Bertz CT molecular complexity index is 931. The maximum atomic E-state index is 12.8. The SMILES string of the molecule is CCCCCCCCC/C=C\CCCCCC(=O)OC(COC(=O)CCCCCCCCCCCCC)COC(=O)CCCCCCCCCCCCCCCCCCC. The molecule has 0 bridgehead atoms. The summed E-state index contributed by atoms with van der Waals surface area (Å²) in [7, 11) is 0. The van der Waals surface area contributed by atoms with Crippen molar-refractivity contribution < 1.29 is 28.6 Å². The van der Waals surface area contributed by atoms with Crippen LogP contribution in [0.4, 0.5) is 0 Å². The number of carbonyl (C=O) groups is 3. The molecule has 0 saturated carbocycles. The van der Waals surface area contributed by atoms with E-state index >= 15 is 0 Å². The number of hydrogen-bond donors (Lipinski definition) is 0. The van der Waals surface area contributed by atoms with Gasteiger partial charge < -0.3 is 14.2 Å². The quantitative estimate of drug-likeness (QED) is 0.0263. The Balaban J connectivity index is 4.31. The second kappa shape index (κ2) is 49.8. The van der Waals surface area contributed by atoms with Gasteiger partial charge in [-0.25, -0.2) is 0 Å². The summed E-state index contributed by atoms with van der Waals surface area (Å²) in [5.74, 6) is -0.869. The third-order valence-corrected chi connectivity index (χ3v) is 12.0. The van der Waals surface area contributed by atoms with E-state index in [1.165, 1.54) is 186 Å². The van der Waals surface area contributed by atoms with Gasteiger partial charge in [0.15, 0.2) is 6.10 Å². The first-order valence-corrected chi connectivity index (χ1v) is 26.7. The van der Waals surface area contributed by atoms with Crippen molar-refractivity contribution in [2.45, 2.75) is 303 Å². The highest BCUT2D eigenvalue weighted by atomic mass is 16.6. The van der Waals surface area contributed by atoms with Crippen molar-refractivity contribution in [2.75, 3.05) is 13.2 Å². The highest BCUT2D eigenvalue weighted by Gasteiger charge is 2.19. The van der Waals surface area contributed by atoms with Gasteiger partial charge in [-0.1, -0.05) is 245 Å². The minimum atomic E-state index is -0.771. The molecule has 0 aliphatic heterocycles. The molecule has 0 aromatic rings. The largest absolute Gasteiger partial charge is 0.462 e. The lowest BCUT2D eigenvalue weighted by molar-refractivity contribution is -0.167. The summed E-state index contributed by atoms with van der Waals surface area (Å²) in [4.78, 5) is 37.9. The molecule has 0 spiro atoms. The minimum absolute atomic E-state index is 0.0706. The summed E-state index contributed by atoms with van der Waals surface area (Å²) in [6, 6.07) is 0. The molecular formula is C54H102O6. The lowest BCUT2D eigenvalue weighted by Gasteiger charge is -2.18. The van der Waals surface area contributed by atoms with Crippen LogP contribution < -0.4 is 0 Å². The zero-order chi connectivity index (χ0) is 43.7. The van der Waals surface area contributed by atoms with E-state index in [0.29, 0.717) is 19.3 Å². The average molecular weight is 847 g/mol. The fourth-order valence-electron chi connectivity index (χ4n) is 7.97. The van der Waals surface area contributed by atoms with E-state index in [4.69, 9.17) is 14.2 Å². The monoisotopic (exact) mass is 847 g/mol. The van der Waals surface area contributed by atoms with Crippen LogP contribution in [0.3, 0.4) is 0 Å². The summed E-state index contributed by atoms with van der Waals surface area (Å²) in [5.41, 5.74) is 0. The Morgan fingerprint density at radius 3 is 0.850 bits per heavy atom. The van der Waals surface area contributed by atoms with Gasteiger partial charge in [0.25, 0.3) is 0 Å². The topological polar surface area (TPSA) is 78.9 Å². The van der Waals surface area contributed by atoms with Crippen LogP contribution >= 0.6 is 0 Å². The summed E-state index contributed by atoms with van der Waals surface area (Å²) in [5, 5.41) is 0. The van der Waals surface area contributed by atoms with Crippen LogP contribution in [0.25, 0.3) is 0 Å². The molecule has 0 aromatic carbocycles. The summed E-state index contributed by atoms with van der Waals surface area (Å²) in [6.45, 7) is 6.65. The smallest absolute Gasteiger partial charge is 0.306 e. The van der Waals surface area contributed by atoms with Crippen molar-refractivity contribution in [3.05, 3.63) is 12.2 Å². The standard InChI is InChI=1S/C54H102O6/c1-4-7-10-13-16-19-22-24-26-27-28-30-32-35-38-41-44-47-53(56)59-50-51(49-58-52(55)46-43-40-37-34-31-21-18-15-12-9-6-3)60-54(57)48-45-42-39-36-33-29-25-23-20-17-14-11-8-5-2/h29,33,51H,4-28,30-32,34-50H2,1-3H3/b33-29-. The van der Waals surface area contributed by atoms with Gasteiger partial charge in [-0.2, -0.15) is 0 Å². The number of allylic oxidation sites excluding steroid dienone is 2. The molecule has 60 heavy (non-hydrogen) atoms. The van der Waals surface area contributed by atoms with Crippen molar-refractivity contribution in [1.82, 2.24) is 0 Å². The number of rotatable bonds is 49. The molecular weight excluding hydrogens is 745 g/mol. The van der Waals surface area contributed by atoms with Crippen LogP contribution in [0.15, 0.2) is 12.2 Å². The van der Waals surface area contributed by atoms with Gasteiger partial charge in [0, 0.05) is 19.3 Å². The molecule has 0 aliphatic rings. The van der Waals surface area contributed by atoms with Gasteiger partial charge in [-0.15, -0.1) is 0 Å². The van der Waals surface area contributed by atoms with Gasteiger partial charge in [-0.05, 0) is 44.9 Å². The van der Waals surface area contributed by atoms with Crippen LogP contribution in [0.5, 0.6) is 0 Å². The number of hydrogen-bond acceptors (Lipinski definition) is 6. The molecule has 0 heterocycles. The molecule has 1 atom stereocenters. The van der Waals surface area contributed by atoms with E-state index in [-0.39, 0.29) is 31.1 Å². The third kappa shape index (κ3) is 47.2. The van der Waals surface area contributed by atoms with E-state index in [1.807, 2.05) is 0 Å². The first-order chi connectivity index (χ1) is 29.5. The molecule has 6 heteroatoms. The van der Waals surface area contributed by atoms with E-state index in [1.54, 1.807) is 0 Å². The van der Waals surface area contributed by atoms with Crippen molar-refractivity contribution in [3.8, 4) is 0 Å². The number of unbranched alkanes of at least 4 members (excludes halogenated alkanes) is 36. The van der Waals surface area contributed by atoms with Gasteiger partial charge in [0.05, 0.1) is 0 Å². The lowest BCUT2D eigenvalue weighted by atomic mass is 10.0. The Labute approximate surface area is 373 Å². The Morgan fingerprint density at radius 2 is 0.550 bits per heavy atom. The van der Waals surface area contributed by atoms with E-state index in [9.17, 15) is 14.4 Å². The number of carbonyl (C=O) groups excluding carboxylic acids is 3. The Hall–Kier alpha value is -1.85. The first-order valence-electron chi connectivity index (χ1n) is 26.7. The van der Waals surface area contributed by atoms with Crippen LogP contribution in [-0.4, -0.2) is 37.2 Å². The van der Waals surface area contributed by atoms with Crippen molar-refractivity contribution in [1.29, 1.82) is 0 Å². The summed E-state index contributed by atoms with van der Waals surface area (Å²) in [6.07, 6.45) is 54.8. The Kier molecular flexibility index (Phi) is 48.3. The maximum absolute atomic E-state index is 12.8. The molecule has 0 aliphatic carbocycles. The molecule has 1 unspecified atom stereocenters. The molecule has 0 rings (SSSR count). The highest BCUT2D eigenvalue weighted by Crippen LogP contribution is 2.16. The maximum Gasteiger partial charge on any atom is 0.306 e. The zero-order valence-corrected chi connectivity index (χ0v) is 40.5. The molecule has 0 fully saturated rings. The molecule has 0 amide bonds. The summed E-state index contributed by atoms with van der Waals surface area (Å²) < 4.78 is 16.8. The van der Waals surface area contributed by atoms with Crippen LogP contribution in [-0.2, 0) is 28.6 Å². The van der Waals surface area contributed by atoms with E-state index < -0.39 is 6.10 Å². The molecule has 0 N–H and O–H groups in total. The van der Waals surface area contributed by atoms with Crippen LogP contribution in [0, 0.1) is 0 Å². The zero-order valence-electron chi connectivity index (χ0n) is 40.5. The molecule has 6 nitrogen and oxygen atoms in total. The first kappa shape index (κ1) is 58.1. The Morgan fingerprint density at radius 1 is 0.317 bits per heavy atom. The van der Waals surface area contributed by atoms with Crippen molar-refractivity contribution >= 4 is 17.9 Å². The second-order valence-corrected chi connectivity index (χ2v) is 18.2. The van der Waals surface area contributed by atoms with Crippen LogP contribution in [0.1, 0.15) is 297 Å². The van der Waals surface area contributed by atoms with Gasteiger partial charge in [0.2, 0.25) is 0 Å². The van der Waals surface area contributed by atoms with E-state index in [0.717, 1.165) is 70.6 Å². The van der Waals surface area contributed by atoms with Crippen molar-refractivity contribution in [3.63, 3.8) is 0 Å². The van der Waals surface area contributed by atoms with E-state index in [2.05, 4.69) is 32.9 Å². The minimum Gasteiger partial charge on any atom is -0.462 e. The van der Waals surface area contributed by atoms with Gasteiger partial charge >= 0.3 is 17.9 Å². The van der Waals surface area contributed by atoms with Gasteiger partial charge in [0.1, 0.15) is 13.2 Å².